The molecule has 7 nitrogen and oxygen atoms in total. The Labute approximate surface area is 211 Å². The fourth-order valence-corrected chi connectivity index (χ4v) is 6.87. The number of halogens is 1. The van der Waals surface area contributed by atoms with Gasteiger partial charge in [0.05, 0.1) is 4.90 Å². The van der Waals surface area contributed by atoms with Crippen molar-refractivity contribution in [1.82, 2.24) is 4.31 Å². The Morgan fingerprint density at radius 1 is 0.944 bits per heavy atom. The maximum absolute atomic E-state index is 13.4. The van der Waals surface area contributed by atoms with Gasteiger partial charge in [-0.1, -0.05) is 6.42 Å². The first-order valence-electron chi connectivity index (χ1n) is 12.8. The number of rotatable bonds is 5. The Kier molecular flexibility index (Phi) is 6.87. The number of hydrogen-bond acceptors (Lipinski definition) is 4. The Morgan fingerprint density at radius 2 is 1.69 bits per heavy atom. The lowest BCUT2D eigenvalue weighted by Gasteiger charge is -2.35. The molecule has 0 atom stereocenters. The van der Waals surface area contributed by atoms with E-state index in [1.165, 1.54) is 16.4 Å². The standard InChI is InChI=1S/C27H32FN3O4S/c1-18-16-22(28)7-9-24(18)29-26(32)19-11-14-30(15-12-19)36(34,35)23-8-10-25-21(17-23)6-3-13-31(25)27(33)20-4-2-5-20/h7-10,16-17,19-20H,2-6,11-15H2,1H3,(H,29,32). The van der Waals surface area contributed by atoms with Gasteiger partial charge in [0.1, 0.15) is 5.82 Å². The lowest BCUT2D eigenvalue weighted by Crippen LogP contribution is -2.42. The van der Waals surface area contributed by atoms with Gasteiger partial charge < -0.3 is 10.2 Å². The van der Waals surface area contributed by atoms with Crippen molar-refractivity contribution in [3.8, 4) is 0 Å². The van der Waals surface area contributed by atoms with E-state index in [1.807, 2.05) is 4.90 Å². The van der Waals surface area contributed by atoms with E-state index in [9.17, 15) is 22.4 Å². The molecule has 1 saturated carbocycles. The number of nitrogens with one attached hydrogen (secondary N) is 1. The van der Waals surface area contributed by atoms with Crippen molar-refractivity contribution in [2.75, 3.05) is 29.9 Å². The summed E-state index contributed by atoms with van der Waals surface area (Å²) < 4.78 is 41.6. The maximum atomic E-state index is 13.4. The number of fused-ring (bicyclic) bond motifs is 1. The molecule has 1 N–H and O–H groups in total. The van der Waals surface area contributed by atoms with Crippen LogP contribution in [0.5, 0.6) is 0 Å². The van der Waals surface area contributed by atoms with Crippen LogP contribution in [0.1, 0.15) is 49.7 Å². The molecule has 192 valence electrons. The van der Waals surface area contributed by atoms with E-state index in [0.29, 0.717) is 30.6 Å². The quantitative estimate of drug-likeness (QED) is 0.648. The number of piperidine rings is 1. The van der Waals surface area contributed by atoms with E-state index < -0.39 is 10.0 Å². The van der Waals surface area contributed by atoms with Gasteiger partial charge in [0.25, 0.3) is 0 Å². The molecule has 0 radical (unpaired) electrons. The van der Waals surface area contributed by atoms with Gasteiger partial charge in [0.15, 0.2) is 0 Å². The summed E-state index contributed by atoms with van der Waals surface area (Å²) in [6.07, 6.45) is 5.38. The molecule has 2 amide bonds. The maximum Gasteiger partial charge on any atom is 0.243 e. The van der Waals surface area contributed by atoms with Crippen LogP contribution in [-0.4, -0.2) is 44.2 Å². The normalized spacial score (nSPS) is 19.4. The number of nitrogens with zero attached hydrogens (tertiary/aromatic N) is 2. The van der Waals surface area contributed by atoms with Gasteiger partial charge >= 0.3 is 0 Å². The van der Waals surface area contributed by atoms with Gasteiger partial charge in [-0.3, -0.25) is 9.59 Å². The Balaban J connectivity index is 1.24. The second-order valence-corrected chi connectivity index (χ2v) is 12.1. The summed E-state index contributed by atoms with van der Waals surface area (Å²) in [6.45, 7) is 2.93. The summed E-state index contributed by atoms with van der Waals surface area (Å²) in [5.74, 6) is -0.579. The van der Waals surface area contributed by atoms with Crippen molar-refractivity contribution in [3.63, 3.8) is 0 Å². The first-order chi connectivity index (χ1) is 17.2. The van der Waals surface area contributed by atoms with Crippen molar-refractivity contribution in [2.24, 2.45) is 11.8 Å². The van der Waals surface area contributed by atoms with E-state index in [-0.39, 0.29) is 47.5 Å². The zero-order valence-corrected chi connectivity index (χ0v) is 21.3. The van der Waals surface area contributed by atoms with E-state index in [4.69, 9.17) is 0 Å². The molecule has 2 aromatic rings. The van der Waals surface area contributed by atoms with Crippen molar-refractivity contribution < 1.29 is 22.4 Å². The predicted octanol–water partition coefficient (Wildman–Crippen LogP) is 4.25. The molecule has 1 aliphatic carbocycles. The Morgan fingerprint density at radius 3 is 2.36 bits per heavy atom. The molecule has 3 aliphatic rings. The zero-order valence-electron chi connectivity index (χ0n) is 20.5. The topological polar surface area (TPSA) is 86.8 Å². The zero-order chi connectivity index (χ0) is 25.4. The smallest absolute Gasteiger partial charge is 0.243 e. The van der Waals surface area contributed by atoms with Gasteiger partial charge in [-0.05, 0) is 93.0 Å². The summed E-state index contributed by atoms with van der Waals surface area (Å²) in [6, 6.07) is 9.32. The largest absolute Gasteiger partial charge is 0.326 e. The fraction of sp³-hybridized carbons (Fsp3) is 0.481. The molecule has 1 saturated heterocycles. The SMILES string of the molecule is Cc1cc(F)ccc1NC(=O)C1CCN(S(=O)(=O)c2ccc3c(c2)CCCN3C(=O)C2CCC2)CC1. The monoisotopic (exact) mass is 513 g/mol. The molecule has 2 aromatic carbocycles. The Hall–Kier alpha value is -2.78. The van der Waals surface area contributed by atoms with Crippen LogP contribution >= 0.6 is 0 Å². The molecule has 0 aromatic heterocycles. The summed E-state index contributed by atoms with van der Waals surface area (Å²) in [5.41, 5.74) is 2.95. The highest BCUT2D eigenvalue weighted by Gasteiger charge is 2.35. The number of carbonyl (C=O) groups excluding carboxylic acids is 2. The van der Waals surface area contributed by atoms with Crippen LogP contribution in [0.15, 0.2) is 41.3 Å². The molecular weight excluding hydrogens is 481 g/mol. The molecule has 0 spiro atoms. The number of sulfonamides is 1. The number of hydrogen-bond donors (Lipinski definition) is 1. The molecule has 2 aliphatic heterocycles. The third-order valence-electron chi connectivity index (χ3n) is 7.80. The van der Waals surface area contributed by atoms with E-state index in [0.717, 1.165) is 43.4 Å². The highest BCUT2D eigenvalue weighted by atomic mass is 32.2. The minimum Gasteiger partial charge on any atom is -0.326 e. The summed E-state index contributed by atoms with van der Waals surface area (Å²) in [7, 11) is -3.71. The fourth-order valence-electron chi connectivity index (χ4n) is 5.35. The van der Waals surface area contributed by atoms with Gasteiger partial charge in [-0.25, -0.2) is 12.8 Å². The average Bonchev–Trinajstić information content (AvgIpc) is 2.84. The summed E-state index contributed by atoms with van der Waals surface area (Å²) in [5, 5.41) is 2.85. The molecule has 0 bridgehead atoms. The van der Waals surface area contributed by atoms with Crippen LogP contribution in [0.3, 0.4) is 0 Å². The average molecular weight is 514 g/mol. The number of anilines is 2. The van der Waals surface area contributed by atoms with Crippen LogP contribution in [0.2, 0.25) is 0 Å². The first kappa shape index (κ1) is 24.9. The minimum atomic E-state index is -3.71. The van der Waals surface area contributed by atoms with Crippen LogP contribution in [-0.2, 0) is 26.0 Å². The van der Waals surface area contributed by atoms with Crippen molar-refractivity contribution in [3.05, 3.63) is 53.3 Å². The lowest BCUT2D eigenvalue weighted by atomic mass is 9.83. The minimum absolute atomic E-state index is 0.102. The predicted molar refractivity (Wildman–Crippen MR) is 136 cm³/mol. The Bertz CT molecular complexity index is 1280. The number of amides is 2. The molecular formula is C27H32FN3O4S. The van der Waals surface area contributed by atoms with Gasteiger partial charge in [0.2, 0.25) is 21.8 Å². The van der Waals surface area contributed by atoms with E-state index >= 15 is 0 Å². The van der Waals surface area contributed by atoms with Gasteiger partial charge in [-0.15, -0.1) is 0 Å². The third-order valence-corrected chi connectivity index (χ3v) is 9.69. The third kappa shape index (κ3) is 4.78. The molecule has 5 rings (SSSR count). The van der Waals surface area contributed by atoms with Crippen LogP contribution in [0, 0.1) is 24.6 Å². The lowest BCUT2D eigenvalue weighted by molar-refractivity contribution is -0.124. The second kappa shape index (κ2) is 9.94. The molecule has 2 heterocycles. The molecule has 2 fully saturated rings. The highest BCUT2D eigenvalue weighted by molar-refractivity contribution is 7.89. The van der Waals surface area contributed by atoms with E-state index in [1.54, 1.807) is 31.2 Å². The molecule has 0 unspecified atom stereocenters. The van der Waals surface area contributed by atoms with Crippen molar-refractivity contribution in [2.45, 2.75) is 56.8 Å². The van der Waals surface area contributed by atoms with Gasteiger partial charge in [0, 0.05) is 42.8 Å². The molecule has 36 heavy (non-hydrogen) atoms. The van der Waals surface area contributed by atoms with Crippen molar-refractivity contribution >= 4 is 33.2 Å². The van der Waals surface area contributed by atoms with Crippen molar-refractivity contribution in [1.29, 1.82) is 0 Å². The summed E-state index contributed by atoms with van der Waals surface area (Å²) >= 11 is 0. The molecule has 9 heteroatoms. The first-order valence-corrected chi connectivity index (χ1v) is 14.2. The van der Waals surface area contributed by atoms with Gasteiger partial charge in [-0.2, -0.15) is 4.31 Å². The van der Waals surface area contributed by atoms with E-state index in [2.05, 4.69) is 5.32 Å². The van der Waals surface area contributed by atoms with Crippen LogP contribution < -0.4 is 10.2 Å². The van der Waals surface area contributed by atoms with Crippen LogP contribution in [0.4, 0.5) is 15.8 Å². The highest BCUT2D eigenvalue weighted by Crippen LogP contribution is 2.36. The summed E-state index contributed by atoms with van der Waals surface area (Å²) in [4.78, 5) is 27.7. The number of aryl methyl sites for hydroxylation is 2. The number of carbonyl (C=O) groups is 2. The van der Waals surface area contributed by atoms with Crippen LogP contribution in [0.25, 0.3) is 0 Å². The second-order valence-electron chi connectivity index (χ2n) is 10.1. The number of benzene rings is 2.